The van der Waals surface area contributed by atoms with Crippen molar-refractivity contribution in [2.45, 2.75) is 46.1 Å². The molecule has 21 heavy (non-hydrogen) atoms. The van der Waals surface area contributed by atoms with Crippen LogP contribution < -0.4 is 10.1 Å². The topological polar surface area (TPSA) is 47.6 Å². The zero-order chi connectivity index (χ0) is 15.2. The lowest BCUT2D eigenvalue weighted by Gasteiger charge is -2.14. The molecule has 1 aliphatic heterocycles. The lowest BCUT2D eigenvalue weighted by Crippen LogP contribution is -2.35. The van der Waals surface area contributed by atoms with Crippen molar-refractivity contribution in [1.29, 1.82) is 0 Å². The zero-order valence-corrected chi connectivity index (χ0v) is 13.2. The Morgan fingerprint density at radius 1 is 1.38 bits per heavy atom. The molecule has 116 valence electrons. The molecule has 2 rings (SSSR count). The normalized spacial score (nSPS) is 17.8. The number of benzene rings is 1. The highest BCUT2D eigenvalue weighted by atomic mass is 16.5. The van der Waals surface area contributed by atoms with Gasteiger partial charge in [-0.25, -0.2) is 0 Å². The lowest BCUT2D eigenvalue weighted by atomic mass is 10.0. The van der Waals surface area contributed by atoms with E-state index in [0.717, 1.165) is 30.6 Å². The SMILES string of the molecule is CCOc1cc(C)c(CCNC(=O)C2CCCO2)cc1C. The van der Waals surface area contributed by atoms with Gasteiger partial charge in [-0.15, -0.1) is 0 Å². The summed E-state index contributed by atoms with van der Waals surface area (Å²) in [5, 5.41) is 2.96. The second-order valence-electron chi connectivity index (χ2n) is 5.52. The van der Waals surface area contributed by atoms with Crippen LogP contribution in [0.3, 0.4) is 0 Å². The molecule has 1 aromatic rings. The minimum Gasteiger partial charge on any atom is -0.494 e. The Hall–Kier alpha value is -1.55. The maximum Gasteiger partial charge on any atom is 0.249 e. The van der Waals surface area contributed by atoms with Gasteiger partial charge in [-0.3, -0.25) is 4.79 Å². The first kappa shape index (κ1) is 15.8. The van der Waals surface area contributed by atoms with Crippen LogP contribution in [0.2, 0.25) is 0 Å². The molecule has 0 saturated carbocycles. The molecular formula is C17H25NO3. The van der Waals surface area contributed by atoms with Crippen LogP contribution in [0.25, 0.3) is 0 Å². The predicted octanol–water partition coefficient (Wildman–Crippen LogP) is 2.54. The van der Waals surface area contributed by atoms with Crippen molar-refractivity contribution in [1.82, 2.24) is 5.32 Å². The number of hydrogen-bond acceptors (Lipinski definition) is 3. The van der Waals surface area contributed by atoms with Gasteiger partial charge in [0.1, 0.15) is 11.9 Å². The largest absolute Gasteiger partial charge is 0.494 e. The van der Waals surface area contributed by atoms with Gasteiger partial charge in [0.25, 0.3) is 0 Å². The van der Waals surface area contributed by atoms with Crippen molar-refractivity contribution in [3.05, 3.63) is 28.8 Å². The van der Waals surface area contributed by atoms with Gasteiger partial charge in [-0.1, -0.05) is 6.07 Å². The van der Waals surface area contributed by atoms with Crippen LogP contribution in [-0.4, -0.2) is 31.8 Å². The number of hydrogen-bond donors (Lipinski definition) is 1. The van der Waals surface area contributed by atoms with E-state index >= 15 is 0 Å². The van der Waals surface area contributed by atoms with Gasteiger partial charge in [-0.2, -0.15) is 0 Å². The molecule has 4 heteroatoms. The van der Waals surface area contributed by atoms with E-state index in [9.17, 15) is 4.79 Å². The average Bonchev–Trinajstić information content (AvgIpc) is 2.98. The van der Waals surface area contributed by atoms with Gasteiger partial charge in [0, 0.05) is 13.2 Å². The second-order valence-corrected chi connectivity index (χ2v) is 5.52. The van der Waals surface area contributed by atoms with Gasteiger partial charge in [0.05, 0.1) is 6.61 Å². The summed E-state index contributed by atoms with van der Waals surface area (Å²) in [6.07, 6.45) is 2.41. The number of carbonyl (C=O) groups is 1. The van der Waals surface area contributed by atoms with E-state index in [1.807, 2.05) is 6.92 Å². The van der Waals surface area contributed by atoms with Crippen molar-refractivity contribution in [3.8, 4) is 5.75 Å². The Balaban J connectivity index is 1.88. The lowest BCUT2D eigenvalue weighted by molar-refractivity contribution is -0.129. The van der Waals surface area contributed by atoms with Crippen molar-refractivity contribution in [2.24, 2.45) is 0 Å². The minimum atomic E-state index is -0.242. The molecule has 1 saturated heterocycles. The van der Waals surface area contributed by atoms with Crippen molar-refractivity contribution in [2.75, 3.05) is 19.8 Å². The van der Waals surface area contributed by atoms with Crippen LogP contribution in [0.15, 0.2) is 12.1 Å². The van der Waals surface area contributed by atoms with Crippen LogP contribution in [0.4, 0.5) is 0 Å². The maximum absolute atomic E-state index is 11.9. The molecule has 0 bridgehead atoms. The summed E-state index contributed by atoms with van der Waals surface area (Å²) < 4.78 is 11.0. The molecule has 1 fully saturated rings. The number of carbonyl (C=O) groups excluding carboxylic acids is 1. The second kappa shape index (κ2) is 7.46. The molecule has 0 aromatic heterocycles. The van der Waals surface area contributed by atoms with Crippen LogP contribution >= 0.6 is 0 Å². The van der Waals surface area contributed by atoms with Gasteiger partial charge in [0.15, 0.2) is 0 Å². The third-order valence-corrected chi connectivity index (χ3v) is 3.85. The molecule has 1 unspecified atom stereocenters. The minimum absolute atomic E-state index is 0.0211. The van der Waals surface area contributed by atoms with Crippen molar-refractivity contribution < 1.29 is 14.3 Å². The van der Waals surface area contributed by atoms with E-state index in [1.54, 1.807) is 0 Å². The highest BCUT2D eigenvalue weighted by Crippen LogP contribution is 2.23. The average molecular weight is 291 g/mol. The quantitative estimate of drug-likeness (QED) is 0.876. The van der Waals surface area contributed by atoms with Crippen LogP contribution in [0, 0.1) is 13.8 Å². The standard InChI is InChI=1S/C17H25NO3/c1-4-20-16-11-12(2)14(10-13(16)3)7-8-18-17(19)15-6-5-9-21-15/h10-11,15H,4-9H2,1-3H3,(H,18,19). The highest BCUT2D eigenvalue weighted by Gasteiger charge is 2.22. The van der Waals surface area contributed by atoms with E-state index in [1.165, 1.54) is 11.1 Å². The van der Waals surface area contributed by atoms with E-state index in [2.05, 4.69) is 31.3 Å². The predicted molar refractivity (Wildman–Crippen MR) is 82.8 cm³/mol. The molecule has 0 spiro atoms. The fraction of sp³-hybridized carbons (Fsp3) is 0.588. The Morgan fingerprint density at radius 3 is 2.86 bits per heavy atom. The number of amides is 1. The Bertz CT molecular complexity index is 493. The smallest absolute Gasteiger partial charge is 0.249 e. The molecule has 1 heterocycles. The summed E-state index contributed by atoms with van der Waals surface area (Å²) in [6.45, 7) is 8.15. The van der Waals surface area contributed by atoms with E-state index in [4.69, 9.17) is 9.47 Å². The Morgan fingerprint density at radius 2 is 2.19 bits per heavy atom. The molecule has 1 N–H and O–H groups in total. The number of nitrogens with one attached hydrogen (secondary N) is 1. The number of aryl methyl sites for hydroxylation is 2. The van der Waals surface area contributed by atoms with Crippen LogP contribution in [0.5, 0.6) is 5.75 Å². The van der Waals surface area contributed by atoms with Crippen molar-refractivity contribution >= 4 is 5.91 Å². The summed E-state index contributed by atoms with van der Waals surface area (Å²) in [5.74, 6) is 0.968. The first-order valence-corrected chi connectivity index (χ1v) is 7.74. The first-order chi connectivity index (χ1) is 10.1. The van der Waals surface area contributed by atoms with Crippen LogP contribution in [0.1, 0.15) is 36.5 Å². The summed E-state index contributed by atoms with van der Waals surface area (Å²) in [4.78, 5) is 11.9. The van der Waals surface area contributed by atoms with Gasteiger partial charge in [0.2, 0.25) is 5.91 Å². The summed E-state index contributed by atoms with van der Waals surface area (Å²) in [6, 6.07) is 4.23. The van der Waals surface area contributed by atoms with Crippen molar-refractivity contribution in [3.63, 3.8) is 0 Å². The third kappa shape index (κ3) is 4.21. The van der Waals surface area contributed by atoms with Gasteiger partial charge < -0.3 is 14.8 Å². The first-order valence-electron chi connectivity index (χ1n) is 7.74. The fourth-order valence-corrected chi connectivity index (χ4v) is 2.65. The fourth-order valence-electron chi connectivity index (χ4n) is 2.65. The number of rotatable bonds is 6. The van der Waals surface area contributed by atoms with E-state index < -0.39 is 0 Å². The molecule has 0 aliphatic carbocycles. The third-order valence-electron chi connectivity index (χ3n) is 3.85. The number of ether oxygens (including phenoxy) is 2. The molecule has 1 atom stereocenters. The molecule has 4 nitrogen and oxygen atoms in total. The van der Waals surface area contributed by atoms with E-state index in [0.29, 0.717) is 19.8 Å². The molecular weight excluding hydrogens is 266 g/mol. The molecule has 0 radical (unpaired) electrons. The molecule has 1 aromatic carbocycles. The Labute approximate surface area is 126 Å². The summed E-state index contributed by atoms with van der Waals surface area (Å²) in [7, 11) is 0. The zero-order valence-electron chi connectivity index (χ0n) is 13.2. The maximum atomic E-state index is 11.9. The van der Waals surface area contributed by atoms with Gasteiger partial charge in [-0.05, 0) is 62.8 Å². The molecule has 1 aliphatic rings. The summed E-state index contributed by atoms with van der Waals surface area (Å²) >= 11 is 0. The highest BCUT2D eigenvalue weighted by molar-refractivity contribution is 5.80. The van der Waals surface area contributed by atoms with E-state index in [-0.39, 0.29) is 12.0 Å². The summed E-state index contributed by atoms with van der Waals surface area (Å²) in [5.41, 5.74) is 3.60. The Kier molecular flexibility index (Phi) is 5.62. The van der Waals surface area contributed by atoms with Crippen LogP contribution in [-0.2, 0) is 16.0 Å². The van der Waals surface area contributed by atoms with Gasteiger partial charge >= 0.3 is 0 Å². The molecule has 1 amide bonds. The monoisotopic (exact) mass is 291 g/mol.